The molecule has 0 bridgehead atoms. The Bertz CT molecular complexity index is 388. The van der Waals surface area contributed by atoms with E-state index in [9.17, 15) is 0 Å². The summed E-state index contributed by atoms with van der Waals surface area (Å²) in [6, 6.07) is 5.56. The van der Waals surface area contributed by atoms with Gasteiger partial charge in [-0.05, 0) is 57.6 Å². The number of likely N-dealkylation sites (tertiary alicyclic amines) is 1. The Hall–Kier alpha value is -1.31. The zero-order valence-electron chi connectivity index (χ0n) is 10.8. The minimum atomic E-state index is 0.389. The molecule has 1 aliphatic rings. The molecule has 0 aliphatic carbocycles. The Morgan fingerprint density at radius 2 is 2.11 bits per heavy atom. The van der Waals surface area contributed by atoms with Crippen molar-refractivity contribution < 1.29 is 4.42 Å². The SMILES string of the molecule is N#Cc1ccc(CNCCCN2CCCCC2)o1. The third-order valence-corrected chi connectivity index (χ3v) is 3.35. The highest BCUT2D eigenvalue weighted by molar-refractivity contribution is 5.18. The summed E-state index contributed by atoms with van der Waals surface area (Å²) in [6.45, 7) is 5.43. The molecule has 4 nitrogen and oxygen atoms in total. The van der Waals surface area contributed by atoms with Crippen LogP contribution in [0, 0.1) is 11.3 Å². The summed E-state index contributed by atoms with van der Waals surface area (Å²) in [5.74, 6) is 1.23. The molecule has 4 heteroatoms. The van der Waals surface area contributed by atoms with Gasteiger partial charge in [-0.15, -0.1) is 0 Å². The molecule has 1 fully saturated rings. The molecule has 0 radical (unpaired) electrons. The summed E-state index contributed by atoms with van der Waals surface area (Å²) in [5.41, 5.74) is 0. The summed E-state index contributed by atoms with van der Waals surface area (Å²) in [4.78, 5) is 2.55. The fourth-order valence-electron chi connectivity index (χ4n) is 2.36. The van der Waals surface area contributed by atoms with Crippen molar-refractivity contribution in [3.05, 3.63) is 23.7 Å². The zero-order chi connectivity index (χ0) is 12.6. The lowest BCUT2D eigenvalue weighted by atomic mass is 10.1. The van der Waals surface area contributed by atoms with E-state index in [0.717, 1.165) is 12.3 Å². The van der Waals surface area contributed by atoms with Gasteiger partial charge in [-0.25, -0.2) is 0 Å². The lowest BCUT2D eigenvalue weighted by Gasteiger charge is -2.26. The van der Waals surface area contributed by atoms with Crippen molar-refractivity contribution >= 4 is 0 Å². The van der Waals surface area contributed by atoms with Gasteiger partial charge in [0, 0.05) is 0 Å². The van der Waals surface area contributed by atoms with E-state index in [1.807, 2.05) is 12.1 Å². The topological polar surface area (TPSA) is 52.2 Å². The smallest absolute Gasteiger partial charge is 0.203 e. The molecule has 1 aromatic heterocycles. The zero-order valence-corrected chi connectivity index (χ0v) is 10.8. The number of hydrogen-bond acceptors (Lipinski definition) is 4. The highest BCUT2D eigenvalue weighted by Crippen LogP contribution is 2.08. The molecular formula is C14H21N3O. The third-order valence-electron chi connectivity index (χ3n) is 3.35. The number of nitrogens with zero attached hydrogens (tertiary/aromatic N) is 2. The molecule has 0 saturated carbocycles. The molecule has 2 rings (SSSR count). The van der Waals surface area contributed by atoms with Crippen LogP contribution in [0.2, 0.25) is 0 Å². The number of rotatable bonds is 6. The first-order valence-corrected chi connectivity index (χ1v) is 6.80. The van der Waals surface area contributed by atoms with Gasteiger partial charge in [-0.3, -0.25) is 0 Å². The monoisotopic (exact) mass is 247 g/mol. The summed E-state index contributed by atoms with van der Waals surface area (Å²) >= 11 is 0. The number of hydrogen-bond donors (Lipinski definition) is 1. The summed E-state index contributed by atoms with van der Waals surface area (Å²) in [6.07, 6.45) is 5.29. The van der Waals surface area contributed by atoms with Crippen LogP contribution in [-0.4, -0.2) is 31.1 Å². The first-order chi connectivity index (χ1) is 8.88. The minimum Gasteiger partial charge on any atom is -0.449 e. The second kappa shape index (κ2) is 7.20. The molecule has 2 heterocycles. The van der Waals surface area contributed by atoms with Crippen molar-refractivity contribution in [3.63, 3.8) is 0 Å². The van der Waals surface area contributed by atoms with Crippen molar-refractivity contribution in [2.24, 2.45) is 0 Å². The predicted molar refractivity (Wildman–Crippen MR) is 70.0 cm³/mol. The molecule has 0 aromatic carbocycles. The van der Waals surface area contributed by atoms with Gasteiger partial charge in [0.05, 0.1) is 6.54 Å². The number of furan rings is 1. The molecular weight excluding hydrogens is 226 g/mol. The van der Waals surface area contributed by atoms with E-state index in [1.54, 1.807) is 6.07 Å². The van der Waals surface area contributed by atoms with E-state index in [4.69, 9.17) is 9.68 Å². The summed E-state index contributed by atoms with van der Waals surface area (Å²) in [7, 11) is 0. The average Bonchev–Trinajstić information content (AvgIpc) is 2.87. The van der Waals surface area contributed by atoms with E-state index in [1.165, 1.54) is 45.3 Å². The Labute approximate surface area is 109 Å². The second-order valence-corrected chi connectivity index (χ2v) is 4.81. The van der Waals surface area contributed by atoms with E-state index in [0.29, 0.717) is 12.3 Å². The van der Waals surface area contributed by atoms with Gasteiger partial charge in [-0.2, -0.15) is 5.26 Å². The van der Waals surface area contributed by atoms with E-state index < -0.39 is 0 Å². The second-order valence-electron chi connectivity index (χ2n) is 4.81. The van der Waals surface area contributed by atoms with Gasteiger partial charge >= 0.3 is 0 Å². The van der Waals surface area contributed by atoms with Crippen LogP contribution in [0.1, 0.15) is 37.2 Å². The molecule has 1 aliphatic heterocycles. The lowest BCUT2D eigenvalue weighted by Crippen LogP contribution is -2.32. The molecule has 0 spiro atoms. The van der Waals surface area contributed by atoms with Gasteiger partial charge in [0.2, 0.25) is 5.76 Å². The van der Waals surface area contributed by atoms with Gasteiger partial charge < -0.3 is 14.6 Å². The number of nitriles is 1. The maximum absolute atomic E-state index is 8.64. The fraction of sp³-hybridized carbons (Fsp3) is 0.643. The molecule has 1 saturated heterocycles. The van der Waals surface area contributed by atoms with Crippen LogP contribution >= 0.6 is 0 Å². The Morgan fingerprint density at radius 1 is 1.28 bits per heavy atom. The van der Waals surface area contributed by atoms with Crippen LogP contribution in [-0.2, 0) is 6.54 Å². The van der Waals surface area contributed by atoms with Crippen molar-refractivity contribution in [1.82, 2.24) is 10.2 Å². The van der Waals surface area contributed by atoms with E-state index in [-0.39, 0.29) is 0 Å². The average molecular weight is 247 g/mol. The number of nitrogens with one attached hydrogen (secondary N) is 1. The minimum absolute atomic E-state index is 0.389. The third kappa shape index (κ3) is 4.17. The molecule has 0 atom stereocenters. The standard InChI is InChI=1S/C14H21N3O/c15-11-13-5-6-14(18-13)12-16-7-4-10-17-8-2-1-3-9-17/h5-6,16H,1-4,7-10,12H2. The van der Waals surface area contributed by atoms with Crippen LogP contribution in [0.15, 0.2) is 16.5 Å². The fourth-order valence-corrected chi connectivity index (χ4v) is 2.36. The molecule has 1 aromatic rings. The number of piperidine rings is 1. The molecule has 1 N–H and O–H groups in total. The van der Waals surface area contributed by atoms with Crippen molar-refractivity contribution in [2.75, 3.05) is 26.2 Å². The summed E-state index contributed by atoms with van der Waals surface area (Å²) in [5, 5.41) is 12.0. The predicted octanol–water partition coefficient (Wildman–Crippen LogP) is 2.12. The summed E-state index contributed by atoms with van der Waals surface area (Å²) < 4.78 is 5.30. The van der Waals surface area contributed by atoms with Crippen molar-refractivity contribution in [3.8, 4) is 6.07 Å². The van der Waals surface area contributed by atoms with Gasteiger partial charge in [0.25, 0.3) is 0 Å². The molecule has 98 valence electrons. The normalized spacial score (nSPS) is 16.6. The Morgan fingerprint density at radius 3 is 2.83 bits per heavy atom. The lowest BCUT2D eigenvalue weighted by molar-refractivity contribution is 0.225. The van der Waals surface area contributed by atoms with Crippen LogP contribution in [0.25, 0.3) is 0 Å². The molecule has 0 unspecified atom stereocenters. The quantitative estimate of drug-likeness (QED) is 0.782. The van der Waals surface area contributed by atoms with Crippen LogP contribution < -0.4 is 5.32 Å². The maximum Gasteiger partial charge on any atom is 0.203 e. The molecule has 18 heavy (non-hydrogen) atoms. The van der Waals surface area contributed by atoms with Crippen LogP contribution in [0.3, 0.4) is 0 Å². The molecule has 0 amide bonds. The van der Waals surface area contributed by atoms with Crippen LogP contribution in [0.4, 0.5) is 0 Å². The van der Waals surface area contributed by atoms with Crippen molar-refractivity contribution in [2.45, 2.75) is 32.2 Å². The Balaban J connectivity index is 1.54. The highest BCUT2D eigenvalue weighted by atomic mass is 16.3. The van der Waals surface area contributed by atoms with Crippen LogP contribution in [0.5, 0.6) is 0 Å². The Kier molecular flexibility index (Phi) is 5.25. The maximum atomic E-state index is 8.64. The first kappa shape index (κ1) is 13.1. The van der Waals surface area contributed by atoms with Gasteiger partial charge in [0.1, 0.15) is 11.8 Å². The van der Waals surface area contributed by atoms with Gasteiger partial charge in [-0.1, -0.05) is 6.42 Å². The van der Waals surface area contributed by atoms with Gasteiger partial charge in [0.15, 0.2) is 0 Å². The van der Waals surface area contributed by atoms with Crippen molar-refractivity contribution in [1.29, 1.82) is 5.26 Å². The largest absolute Gasteiger partial charge is 0.449 e. The van der Waals surface area contributed by atoms with E-state index >= 15 is 0 Å². The first-order valence-electron chi connectivity index (χ1n) is 6.80. The van der Waals surface area contributed by atoms with E-state index in [2.05, 4.69) is 10.2 Å². The highest BCUT2D eigenvalue weighted by Gasteiger charge is 2.08.